The summed E-state index contributed by atoms with van der Waals surface area (Å²) in [7, 11) is 1.63. The number of hydrogen-bond donors (Lipinski definition) is 3. The Morgan fingerprint density at radius 3 is 2.79 bits per heavy atom. The largest absolute Gasteiger partial charge is 0.358 e. The first-order valence-corrected chi connectivity index (χ1v) is 6.28. The molecule has 0 atom stereocenters. The lowest BCUT2D eigenvalue weighted by molar-refractivity contribution is -0.122. The van der Waals surface area contributed by atoms with Crippen LogP contribution < -0.4 is 10.6 Å². The molecule has 2 rings (SSSR count). The standard InChI is InChI=1S/C11H18N6O2/c1-12-10(18)7-17-4-2-8(3-5-17)14-11(19)9-6-13-16-15-9/h6,8H,2-5,7H2,1H3,(H,12,18)(H,14,19)(H,13,15,16). The maximum Gasteiger partial charge on any atom is 0.273 e. The van der Waals surface area contributed by atoms with Gasteiger partial charge in [-0.3, -0.25) is 14.5 Å². The van der Waals surface area contributed by atoms with Gasteiger partial charge in [-0.15, -0.1) is 0 Å². The molecule has 2 heterocycles. The molecule has 8 heteroatoms. The second-order valence-electron chi connectivity index (χ2n) is 4.55. The average molecular weight is 266 g/mol. The van der Waals surface area contributed by atoms with Gasteiger partial charge in [0, 0.05) is 26.2 Å². The summed E-state index contributed by atoms with van der Waals surface area (Å²) in [4.78, 5) is 25.1. The molecule has 3 N–H and O–H groups in total. The molecular formula is C11H18N6O2. The smallest absolute Gasteiger partial charge is 0.273 e. The molecule has 0 spiro atoms. The van der Waals surface area contributed by atoms with Crippen LogP contribution in [-0.4, -0.2) is 64.8 Å². The fourth-order valence-corrected chi connectivity index (χ4v) is 2.09. The van der Waals surface area contributed by atoms with Gasteiger partial charge in [-0.1, -0.05) is 0 Å². The molecule has 0 bridgehead atoms. The van der Waals surface area contributed by atoms with E-state index in [2.05, 4.69) is 30.9 Å². The minimum atomic E-state index is -0.210. The third-order valence-electron chi connectivity index (χ3n) is 3.22. The van der Waals surface area contributed by atoms with E-state index >= 15 is 0 Å². The molecule has 0 aliphatic carbocycles. The van der Waals surface area contributed by atoms with Gasteiger partial charge in [0.2, 0.25) is 5.91 Å². The van der Waals surface area contributed by atoms with Crippen molar-refractivity contribution in [3.63, 3.8) is 0 Å². The van der Waals surface area contributed by atoms with Gasteiger partial charge in [0.25, 0.3) is 5.91 Å². The average Bonchev–Trinajstić information content (AvgIpc) is 2.95. The van der Waals surface area contributed by atoms with Crippen molar-refractivity contribution < 1.29 is 9.59 Å². The van der Waals surface area contributed by atoms with Crippen molar-refractivity contribution in [2.45, 2.75) is 18.9 Å². The molecule has 1 saturated heterocycles. The molecule has 0 unspecified atom stereocenters. The second-order valence-corrected chi connectivity index (χ2v) is 4.55. The quantitative estimate of drug-likeness (QED) is 0.631. The molecule has 104 valence electrons. The first kappa shape index (κ1) is 13.5. The maximum atomic E-state index is 11.8. The highest BCUT2D eigenvalue weighted by atomic mass is 16.2. The molecule has 1 aromatic rings. The molecule has 1 aromatic heterocycles. The van der Waals surface area contributed by atoms with Crippen LogP contribution in [0.2, 0.25) is 0 Å². The van der Waals surface area contributed by atoms with Crippen LogP contribution in [0.1, 0.15) is 23.3 Å². The summed E-state index contributed by atoms with van der Waals surface area (Å²) in [5.74, 6) is -0.191. The topological polar surface area (TPSA) is 103 Å². The van der Waals surface area contributed by atoms with Crippen LogP contribution in [0, 0.1) is 0 Å². The number of H-pyrrole nitrogens is 1. The van der Waals surface area contributed by atoms with E-state index in [1.54, 1.807) is 7.05 Å². The Balaban J connectivity index is 1.74. The van der Waals surface area contributed by atoms with E-state index < -0.39 is 0 Å². The summed E-state index contributed by atoms with van der Waals surface area (Å²) in [6, 6.07) is 0.130. The van der Waals surface area contributed by atoms with Crippen LogP contribution >= 0.6 is 0 Å². The highest BCUT2D eigenvalue weighted by molar-refractivity contribution is 5.92. The van der Waals surface area contributed by atoms with Crippen molar-refractivity contribution in [1.82, 2.24) is 30.9 Å². The predicted octanol–water partition coefficient (Wildman–Crippen LogP) is -1.26. The van der Waals surface area contributed by atoms with Gasteiger partial charge >= 0.3 is 0 Å². The van der Waals surface area contributed by atoms with Crippen molar-refractivity contribution >= 4 is 11.8 Å². The first-order chi connectivity index (χ1) is 9.19. The Morgan fingerprint density at radius 2 is 2.21 bits per heavy atom. The number of hydrogen-bond acceptors (Lipinski definition) is 5. The van der Waals surface area contributed by atoms with Gasteiger partial charge in [-0.25, -0.2) is 0 Å². The second kappa shape index (κ2) is 6.28. The van der Waals surface area contributed by atoms with E-state index in [1.807, 2.05) is 0 Å². The number of carbonyl (C=O) groups is 2. The number of aromatic amines is 1. The van der Waals surface area contributed by atoms with Gasteiger partial charge in [0.05, 0.1) is 12.7 Å². The lowest BCUT2D eigenvalue weighted by atomic mass is 10.0. The number of nitrogens with zero attached hydrogens (tertiary/aromatic N) is 3. The molecule has 0 saturated carbocycles. The summed E-state index contributed by atoms with van der Waals surface area (Å²) in [6.07, 6.45) is 3.07. The monoisotopic (exact) mass is 266 g/mol. The maximum absolute atomic E-state index is 11.8. The van der Waals surface area contributed by atoms with Crippen LogP contribution in [0.5, 0.6) is 0 Å². The van der Waals surface area contributed by atoms with Gasteiger partial charge in [-0.05, 0) is 12.8 Å². The molecule has 1 aliphatic heterocycles. The van der Waals surface area contributed by atoms with Crippen LogP contribution in [0.25, 0.3) is 0 Å². The van der Waals surface area contributed by atoms with Crippen LogP contribution in [0.3, 0.4) is 0 Å². The predicted molar refractivity (Wildman–Crippen MR) is 67.4 cm³/mol. The number of rotatable bonds is 4. The summed E-state index contributed by atoms with van der Waals surface area (Å²) in [6.45, 7) is 2.02. The van der Waals surface area contributed by atoms with E-state index in [1.165, 1.54) is 6.20 Å². The summed E-state index contributed by atoms with van der Waals surface area (Å²) >= 11 is 0. The molecule has 8 nitrogen and oxygen atoms in total. The number of amides is 2. The highest BCUT2D eigenvalue weighted by Gasteiger charge is 2.22. The summed E-state index contributed by atoms with van der Waals surface area (Å²) in [5.41, 5.74) is 0.299. The molecule has 2 amide bonds. The molecule has 19 heavy (non-hydrogen) atoms. The van der Waals surface area contributed by atoms with Crippen molar-refractivity contribution in [3.8, 4) is 0 Å². The Hall–Kier alpha value is -1.96. The van der Waals surface area contributed by atoms with Crippen molar-refractivity contribution in [1.29, 1.82) is 0 Å². The van der Waals surface area contributed by atoms with Crippen molar-refractivity contribution in [2.75, 3.05) is 26.7 Å². The van der Waals surface area contributed by atoms with E-state index in [9.17, 15) is 9.59 Å². The number of likely N-dealkylation sites (tertiary alicyclic amines) is 1. The summed E-state index contributed by atoms with van der Waals surface area (Å²) in [5, 5.41) is 15.3. The van der Waals surface area contributed by atoms with Crippen molar-refractivity contribution in [2.24, 2.45) is 0 Å². The summed E-state index contributed by atoms with van der Waals surface area (Å²) < 4.78 is 0. The number of likely N-dealkylation sites (N-methyl/N-ethyl adjacent to an activating group) is 1. The zero-order valence-electron chi connectivity index (χ0n) is 10.8. The fraction of sp³-hybridized carbons (Fsp3) is 0.636. The highest BCUT2D eigenvalue weighted by Crippen LogP contribution is 2.10. The van der Waals surface area contributed by atoms with E-state index in [0.29, 0.717) is 12.2 Å². The van der Waals surface area contributed by atoms with Crippen LogP contribution in [0.15, 0.2) is 6.20 Å². The Labute approximate surface area is 110 Å². The third kappa shape index (κ3) is 3.75. The lowest BCUT2D eigenvalue weighted by Crippen LogP contribution is -2.47. The van der Waals surface area contributed by atoms with E-state index in [0.717, 1.165) is 25.9 Å². The molecular weight excluding hydrogens is 248 g/mol. The third-order valence-corrected chi connectivity index (χ3v) is 3.22. The minimum absolute atomic E-state index is 0.0186. The minimum Gasteiger partial charge on any atom is -0.358 e. The Bertz CT molecular complexity index is 424. The van der Waals surface area contributed by atoms with Gasteiger partial charge in [-0.2, -0.15) is 15.4 Å². The van der Waals surface area contributed by atoms with Crippen molar-refractivity contribution in [3.05, 3.63) is 11.9 Å². The number of aromatic nitrogens is 3. The molecule has 1 aliphatic rings. The zero-order valence-corrected chi connectivity index (χ0v) is 10.8. The number of carbonyl (C=O) groups excluding carboxylic acids is 2. The van der Waals surface area contributed by atoms with E-state index in [4.69, 9.17) is 0 Å². The van der Waals surface area contributed by atoms with E-state index in [-0.39, 0.29) is 17.9 Å². The number of piperidine rings is 1. The fourth-order valence-electron chi connectivity index (χ4n) is 2.09. The molecule has 0 radical (unpaired) electrons. The SMILES string of the molecule is CNC(=O)CN1CCC(NC(=O)c2cn[nH]n2)CC1. The molecule has 0 aromatic carbocycles. The normalized spacial score (nSPS) is 17.1. The number of nitrogens with one attached hydrogen (secondary N) is 3. The lowest BCUT2D eigenvalue weighted by Gasteiger charge is -2.31. The molecule has 1 fully saturated rings. The first-order valence-electron chi connectivity index (χ1n) is 6.28. The van der Waals surface area contributed by atoms with Gasteiger partial charge in [0.15, 0.2) is 5.69 Å². The zero-order chi connectivity index (χ0) is 13.7. The Kier molecular flexibility index (Phi) is 4.45. The van der Waals surface area contributed by atoms with Gasteiger partial charge < -0.3 is 10.6 Å². The van der Waals surface area contributed by atoms with Crippen LogP contribution in [0.4, 0.5) is 0 Å². The van der Waals surface area contributed by atoms with Gasteiger partial charge in [0.1, 0.15) is 0 Å². The van der Waals surface area contributed by atoms with Crippen LogP contribution in [-0.2, 0) is 4.79 Å². The Morgan fingerprint density at radius 1 is 1.47 bits per heavy atom.